The van der Waals surface area contributed by atoms with Crippen LogP contribution in [-0.4, -0.2) is 40.1 Å². The summed E-state index contributed by atoms with van der Waals surface area (Å²) >= 11 is 7.60. The average molecular weight is 449 g/mol. The lowest BCUT2D eigenvalue weighted by molar-refractivity contribution is -0.113. The lowest BCUT2D eigenvalue weighted by Crippen LogP contribution is -2.15. The number of nitrogens with zero attached hydrogens (tertiary/aromatic N) is 3. The van der Waals surface area contributed by atoms with E-state index in [4.69, 9.17) is 16.3 Å². The molecule has 3 aromatic rings. The van der Waals surface area contributed by atoms with Crippen molar-refractivity contribution >= 4 is 35.0 Å². The maximum absolute atomic E-state index is 13.7. The van der Waals surface area contributed by atoms with Gasteiger partial charge in [0.2, 0.25) is 5.91 Å². The highest BCUT2D eigenvalue weighted by atomic mass is 35.5. The minimum atomic E-state index is -0.359. The predicted octanol–water partition coefficient (Wildman–Crippen LogP) is 4.81. The first kappa shape index (κ1) is 22.3. The van der Waals surface area contributed by atoms with Crippen molar-refractivity contribution in [2.45, 2.75) is 25.0 Å². The van der Waals surface area contributed by atoms with Gasteiger partial charge >= 0.3 is 0 Å². The van der Waals surface area contributed by atoms with Crippen LogP contribution in [0.5, 0.6) is 0 Å². The van der Waals surface area contributed by atoms with E-state index in [2.05, 4.69) is 15.5 Å². The van der Waals surface area contributed by atoms with E-state index in [0.717, 1.165) is 12.0 Å². The fourth-order valence-corrected chi connectivity index (χ4v) is 3.79. The molecule has 158 valence electrons. The van der Waals surface area contributed by atoms with E-state index in [-0.39, 0.29) is 17.5 Å². The Morgan fingerprint density at radius 1 is 1.27 bits per heavy atom. The highest BCUT2D eigenvalue weighted by Gasteiger charge is 2.17. The molecule has 0 unspecified atom stereocenters. The van der Waals surface area contributed by atoms with Crippen molar-refractivity contribution in [2.24, 2.45) is 0 Å². The highest BCUT2D eigenvalue weighted by Crippen LogP contribution is 2.29. The van der Waals surface area contributed by atoms with Crippen LogP contribution in [0.2, 0.25) is 5.02 Å². The van der Waals surface area contributed by atoms with Crippen LogP contribution in [0.3, 0.4) is 0 Å². The molecule has 1 amide bonds. The number of aromatic nitrogens is 3. The summed E-state index contributed by atoms with van der Waals surface area (Å²) in [5.41, 5.74) is 1.72. The first-order chi connectivity index (χ1) is 14.5. The molecule has 3 rings (SSSR count). The third-order valence-corrected chi connectivity index (χ3v) is 5.65. The summed E-state index contributed by atoms with van der Waals surface area (Å²) in [5, 5.41) is 12.4. The Balaban J connectivity index is 1.73. The van der Waals surface area contributed by atoms with Crippen LogP contribution >= 0.6 is 23.4 Å². The van der Waals surface area contributed by atoms with Crippen LogP contribution in [0.1, 0.15) is 12.0 Å². The second-order valence-corrected chi connectivity index (χ2v) is 7.93. The first-order valence-electron chi connectivity index (χ1n) is 9.35. The van der Waals surface area contributed by atoms with Gasteiger partial charge in [-0.3, -0.25) is 4.79 Å². The minimum Gasteiger partial charge on any atom is -0.385 e. The molecule has 9 heteroatoms. The Labute approximate surface area is 183 Å². The molecule has 0 saturated heterocycles. The van der Waals surface area contributed by atoms with Crippen LogP contribution in [0.25, 0.3) is 11.4 Å². The Morgan fingerprint density at radius 3 is 2.80 bits per heavy atom. The zero-order chi connectivity index (χ0) is 21.5. The van der Waals surface area contributed by atoms with Crippen LogP contribution in [0.15, 0.2) is 47.6 Å². The number of ether oxygens (including phenoxy) is 1. The number of rotatable bonds is 9. The average Bonchev–Trinajstić information content (AvgIpc) is 3.12. The fraction of sp³-hybridized carbons (Fsp3) is 0.286. The van der Waals surface area contributed by atoms with Gasteiger partial charge in [0.15, 0.2) is 11.0 Å². The molecule has 1 aromatic heterocycles. The molecule has 6 nitrogen and oxygen atoms in total. The molecule has 0 radical (unpaired) electrons. The van der Waals surface area contributed by atoms with Crippen LogP contribution in [-0.2, 0) is 16.1 Å². The third kappa shape index (κ3) is 5.59. The Hall–Kier alpha value is -2.42. The molecule has 0 aliphatic heterocycles. The van der Waals surface area contributed by atoms with Gasteiger partial charge in [0.1, 0.15) is 5.82 Å². The van der Waals surface area contributed by atoms with E-state index in [1.54, 1.807) is 32.2 Å². The van der Waals surface area contributed by atoms with E-state index in [9.17, 15) is 9.18 Å². The zero-order valence-electron chi connectivity index (χ0n) is 16.7. The molecule has 1 N–H and O–H groups in total. The number of benzene rings is 2. The minimum absolute atomic E-state index is 0.112. The molecular weight excluding hydrogens is 427 g/mol. The number of thioether (sulfide) groups is 1. The van der Waals surface area contributed by atoms with E-state index in [0.29, 0.717) is 40.4 Å². The summed E-state index contributed by atoms with van der Waals surface area (Å²) in [4.78, 5) is 12.3. The summed E-state index contributed by atoms with van der Waals surface area (Å²) in [6.45, 7) is 2.88. The molecule has 0 aliphatic carbocycles. The van der Waals surface area contributed by atoms with E-state index in [1.807, 2.05) is 22.8 Å². The second-order valence-electron chi connectivity index (χ2n) is 6.58. The number of amides is 1. The zero-order valence-corrected chi connectivity index (χ0v) is 18.3. The third-order valence-electron chi connectivity index (χ3n) is 4.35. The van der Waals surface area contributed by atoms with Crippen LogP contribution < -0.4 is 5.32 Å². The summed E-state index contributed by atoms with van der Waals surface area (Å²) in [7, 11) is 1.65. The van der Waals surface area contributed by atoms with Crippen molar-refractivity contribution in [1.82, 2.24) is 14.8 Å². The lowest BCUT2D eigenvalue weighted by atomic mass is 10.2. The molecule has 1 heterocycles. The standard InChI is InChI=1S/C21H22ClFN4O2S/c1-14-8-9-15(12-18(14)23)24-19(28)13-30-21-26-25-20(27(21)10-5-11-29-2)16-6-3-4-7-17(16)22/h3-4,6-9,12H,5,10-11,13H2,1-2H3,(H,24,28). The van der Waals surface area contributed by atoms with Crippen LogP contribution in [0, 0.1) is 12.7 Å². The molecule has 0 spiro atoms. The number of halogens is 2. The van der Waals surface area contributed by atoms with Gasteiger partial charge in [0.25, 0.3) is 0 Å². The summed E-state index contributed by atoms with van der Waals surface area (Å²) in [6.07, 6.45) is 0.758. The number of aryl methyl sites for hydroxylation is 1. The lowest BCUT2D eigenvalue weighted by Gasteiger charge is -2.11. The molecule has 0 saturated carbocycles. The first-order valence-corrected chi connectivity index (χ1v) is 10.7. The smallest absolute Gasteiger partial charge is 0.234 e. The van der Waals surface area contributed by atoms with Gasteiger partial charge in [-0.2, -0.15) is 0 Å². The maximum Gasteiger partial charge on any atom is 0.234 e. The van der Waals surface area contributed by atoms with Crippen molar-refractivity contribution in [3.63, 3.8) is 0 Å². The largest absolute Gasteiger partial charge is 0.385 e. The van der Waals surface area contributed by atoms with Gasteiger partial charge in [-0.05, 0) is 43.2 Å². The molecule has 0 atom stereocenters. The van der Waals surface area contributed by atoms with E-state index >= 15 is 0 Å². The molecule has 30 heavy (non-hydrogen) atoms. The van der Waals surface area contributed by atoms with Crippen molar-refractivity contribution in [3.8, 4) is 11.4 Å². The van der Waals surface area contributed by atoms with Gasteiger partial charge in [0, 0.05) is 31.5 Å². The normalized spacial score (nSPS) is 10.9. The fourth-order valence-electron chi connectivity index (χ4n) is 2.80. The predicted molar refractivity (Wildman–Crippen MR) is 117 cm³/mol. The topological polar surface area (TPSA) is 69.0 Å². The van der Waals surface area contributed by atoms with E-state index < -0.39 is 0 Å². The number of hydrogen-bond acceptors (Lipinski definition) is 5. The number of carbonyl (C=O) groups is 1. The number of carbonyl (C=O) groups excluding carboxylic acids is 1. The van der Waals surface area contributed by atoms with Gasteiger partial charge < -0.3 is 14.6 Å². The van der Waals surface area contributed by atoms with E-state index in [1.165, 1.54) is 17.8 Å². The quantitative estimate of drug-likeness (QED) is 0.375. The molecule has 0 aliphatic rings. The van der Waals surface area contributed by atoms with Crippen LogP contribution in [0.4, 0.5) is 10.1 Å². The Bertz CT molecular complexity index is 1030. The number of nitrogens with one attached hydrogen (secondary N) is 1. The van der Waals surface area contributed by atoms with Gasteiger partial charge in [-0.25, -0.2) is 4.39 Å². The van der Waals surface area contributed by atoms with Crippen molar-refractivity contribution in [1.29, 1.82) is 0 Å². The number of hydrogen-bond donors (Lipinski definition) is 1. The van der Waals surface area contributed by atoms with Gasteiger partial charge in [-0.1, -0.05) is 41.6 Å². The summed E-state index contributed by atoms with van der Waals surface area (Å²) in [5.74, 6) is 0.136. The SMILES string of the molecule is COCCCn1c(SCC(=O)Nc2ccc(C)c(F)c2)nnc1-c1ccccc1Cl. The number of anilines is 1. The molecular formula is C21H22ClFN4O2S. The van der Waals surface area contributed by atoms with Gasteiger partial charge in [-0.15, -0.1) is 10.2 Å². The highest BCUT2D eigenvalue weighted by molar-refractivity contribution is 7.99. The Kier molecular flexibility index (Phi) is 7.84. The Morgan fingerprint density at radius 2 is 2.07 bits per heavy atom. The molecule has 2 aromatic carbocycles. The second kappa shape index (κ2) is 10.6. The molecule has 0 bridgehead atoms. The summed E-state index contributed by atoms with van der Waals surface area (Å²) < 4.78 is 20.8. The molecule has 0 fully saturated rings. The summed E-state index contributed by atoms with van der Waals surface area (Å²) in [6, 6.07) is 12.0. The number of methoxy groups -OCH3 is 1. The monoisotopic (exact) mass is 448 g/mol. The van der Waals surface area contributed by atoms with Crippen molar-refractivity contribution in [3.05, 3.63) is 58.9 Å². The maximum atomic E-state index is 13.7. The van der Waals surface area contributed by atoms with Gasteiger partial charge in [0.05, 0.1) is 10.8 Å². The van der Waals surface area contributed by atoms with Crippen molar-refractivity contribution < 1.29 is 13.9 Å². The van der Waals surface area contributed by atoms with Crippen molar-refractivity contribution in [2.75, 3.05) is 24.8 Å².